The quantitative estimate of drug-likeness (QED) is 0.586. The molecule has 2 aliphatic rings. The topological polar surface area (TPSA) is 58.6 Å². The number of carbonyl (C=O) groups excluding carboxylic acids is 2. The second-order valence-electron chi connectivity index (χ2n) is 3.68. The maximum atomic E-state index is 11.3. The van der Waals surface area contributed by atoms with Crippen LogP contribution in [0.2, 0.25) is 0 Å². The lowest BCUT2D eigenvalue weighted by molar-refractivity contribution is -0.158. The normalized spacial score (nSPS) is 28.6. The molecule has 0 spiro atoms. The van der Waals surface area contributed by atoms with Crippen molar-refractivity contribution in [3.8, 4) is 0 Å². The van der Waals surface area contributed by atoms with Crippen LogP contribution >= 0.6 is 0 Å². The van der Waals surface area contributed by atoms with E-state index in [0.717, 1.165) is 19.4 Å². The summed E-state index contributed by atoms with van der Waals surface area (Å²) in [5.41, 5.74) is 0. The molecule has 0 bridgehead atoms. The highest BCUT2D eigenvalue weighted by Crippen LogP contribution is 2.09. The number of ether oxygens (including phenoxy) is 1. The van der Waals surface area contributed by atoms with Crippen LogP contribution in [0.25, 0.3) is 0 Å². The largest absolute Gasteiger partial charge is 0.362 e. The van der Waals surface area contributed by atoms with Gasteiger partial charge in [-0.3, -0.25) is 14.5 Å². The predicted octanol–water partition coefficient (Wildman–Crippen LogP) is -0.876. The van der Waals surface area contributed by atoms with Crippen molar-refractivity contribution >= 4 is 11.8 Å². The summed E-state index contributed by atoms with van der Waals surface area (Å²) in [5.74, 6) is -0.426. The average Bonchev–Trinajstić information content (AvgIpc) is 2.64. The highest BCUT2D eigenvalue weighted by molar-refractivity contribution is 5.98. The molecule has 0 aliphatic carbocycles. The van der Waals surface area contributed by atoms with Crippen molar-refractivity contribution in [2.24, 2.45) is 0 Å². The van der Waals surface area contributed by atoms with Crippen LogP contribution in [0, 0.1) is 0 Å². The Labute approximate surface area is 82.4 Å². The molecule has 2 rings (SSSR count). The molecule has 2 saturated heterocycles. The van der Waals surface area contributed by atoms with Crippen molar-refractivity contribution in [2.45, 2.75) is 18.9 Å². The van der Waals surface area contributed by atoms with Crippen LogP contribution in [0.3, 0.4) is 0 Å². The van der Waals surface area contributed by atoms with Crippen molar-refractivity contribution in [1.82, 2.24) is 10.2 Å². The summed E-state index contributed by atoms with van der Waals surface area (Å²) < 4.78 is 4.83. The van der Waals surface area contributed by atoms with Crippen LogP contribution in [0.5, 0.6) is 0 Å². The number of morpholine rings is 1. The van der Waals surface area contributed by atoms with Gasteiger partial charge in [-0.2, -0.15) is 0 Å². The molecule has 2 fully saturated rings. The minimum Gasteiger partial charge on any atom is -0.362 e. The third-order valence-electron chi connectivity index (χ3n) is 2.62. The van der Waals surface area contributed by atoms with Gasteiger partial charge in [0, 0.05) is 12.6 Å². The van der Waals surface area contributed by atoms with E-state index in [1.807, 2.05) is 0 Å². The number of imide groups is 1. The number of rotatable bonds is 2. The van der Waals surface area contributed by atoms with Gasteiger partial charge in [-0.25, -0.2) is 0 Å². The summed E-state index contributed by atoms with van der Waals surface area (Å²) in [6, 6.07) is 0.279. The Kier molecular flexibility index (Phi) is 2.79. The van der Waals surface area contributed by atoms with Gasteiger partial charge in [-0.1, -0.05) is 0 Å². The van der Waals surface area contributed by atoms with Crippen LogP contribution in [0.15, 0.2) is 0 Å². The van der Waals surface area contributed by atoms with E-state index in [4.69, 9.17) is 4.74 Å². The lowest BCUT2D eigenvalue weighted by atomic mass is 10.2. The number of amides is 2. The van der Waals surface area contributed by atoms with Crippen molar-refractivity contribution in [1.29, 1.82) is 0 Å². The summed E-state index contributed by atoms with van der Waals surface area (Å²) in [6.45, 7) is 1.56. The zero-order chi connectivity index (χ0) is 9.97. The minimum atomic E-state index is -0.213. The average molecular weight is 198 g/mol. The molecule has 5 heteroatoms. The molecule has 0 radical (unpaired) electrons. The fraction of sp³-hybridized carbons (Fsp3) is 0.778. The summed E-state index contributed by atoms with van der Waals surface area (Å²) >= 11 is 0. The number of hydrogen-bond donors (Lipinski definition) is 1. The van der Waals surface area contributed by atoms with Gasteiger partial charge in [-0.05, 0) is 19.4 Å². The molecule has 2 heterocycles. The van der Waals surface area contributed by atoms with Gasteiger partial charge in [0.25, 0.3) is 11.8 Å². The number of hydrogen-bond acceptors (Lipinski definition) is 4. The van der Waals surface area contributed by atoms with Crippen LogP contribution in [-0.2, 0) is 14.3 Å². The third kappa shape index (κ3) is 1.93. The fourth-order valence-corrected chi connectivity index (χ4v) is 1.86. The highest BCUT2D eigenvalue weighted by atomic mass is 16.5. The number of carbonyl (C=O) groups is 2. The maximum absolute atomic E-state index is 11.3. The van der Waals surface area contributed by atoms with Crippen molar-refractivity contribution < 1.29 is 14.3 Å². The molecule has 0 aromatic carbocycles. The molecule has 0 aromatic rings. The lowest BCUT2D eigenvalue weighted by Crippen LogP contribution is -2.50. The first kappa shape index (κ1) is 9.61. The van der Waals surface area contributed by atoms with Gasteiger partial charge in [0.2, 0.25) is 0 Å². The van der Waals surface area contributed by atoms with Crippen LogP contribution in [0.1, 0.15) is 12.8 Å². The first-order valence-electron chi connectivity index (χ1n) is 4.91. The van der Waals surface area contributed by atoms with Crippen molar-refractivity contribution in [2.75, 3.05) is 26.3 Å². The third-order valence-corrected chi connectivity index (χ3v) is 2.62. The van der Waals surface area contributed by atoms with E-state index in [-0.39, 0.29) is 31.1 Å². The Morgan fingerprint density at radius 1 is 1.36 bits per heavy atom. The van der Waals surface area contributed by atoms with Gasteiger partial charge in [0.15, 0.2) is 0 Å². The first-order valence-corrected chi connectivity index (χ1v) is 4.91. The molecular weight excluding hydrogens is 184 g/mol. The van der Waals surface area contributed by atoms with E-state index in [9.17, 15) is 9.59 Å². The standard InChI is InChI=1S/C9H14N2O3/c12-8-5-14-6-9(13)11(8)4-7-2-1-3-10-7/h7,10H,1-6H2/t7-/m0/s1. The molecule has 1 N–H and O–H groups in total. The maximum Gasteiger partial charge on any atom is 0.255 e. The Morgan fingerprint density at radius 2 is 2.07 bits per heavy atom. The SMILES string of the molecule is O=C1COCC(=O)N1C[C@@H]1CCCN1. The van der Waals surface area contributed by atoms with Gasteiger partial charge in [-0.15, -0.1) is 0 Å². The molecule has 0 saturated carbocycles. The summed E-state index contributed by atoms with van der Waals surface area (Å²) in [6.07, 6.45) is 2.16. The smallest absolute Gasteiger partial charge is 0.255 e. The van der Waals surface area contributed by atoms with E-state index in [0.29, 0.717) is 6.54 Å². The second kappa shape index (κ2) is 4.06. The molecule has 78 valence electrons. The molecule has 1 atom stereocenters. The molecular formula is C9H14N2O3. The molecule has 0 aromatic heterocycles. The Balaban J connectivity index is 1.93. The van der Waals surface area contributed by atoms with Gasteiger partial charge in [0.05, 0.1) is 0 Å². The molecule has 5 nitrogen and oxygen atoms in total. The van der Waals surface area contributed by atoms with E-state index < -0.39 is 0 Å². The van der Waals surface area contributed by atoms with Crippen LogP contribution in [0.4, 0.5) is 0 Å². The second-order valence-corrected chi connectivity index (χ2v) is 3.68. The Hall–Kier alpha value is -0.940. The zero-order valence-corrected chi connectivity index (χ0v) is 7.99. The predicted molar refractivity (Wildman–Crippen MR) is 48.6 cm³/mol. The molecule has 2 amide bonds. The van der Waals surface area contributed by atoms with E-state index in [2.05, 4.69) is 5.32 Å². The summed E-state index contributed by atoms with van der Waals surface area (Å²) in [4.78, 5) is 24.0. The van der Waals surface area contributed by atoms with Crippen molar-refractivity contribution in [3.63, 3.8) is 0 Å². The minimum absolute atomic E-state index is 0.0401. The first-order chi connectivity index (χ1) is 6.77. The van der Waals surface area contributed by atoms with Crippen molar-refractivity contribution in [3.05, 3.63) is 0 Å². The monoisotopic (exact) mass is 198 g/mol. The number of nitrogens with one attached hydrogen (secondary N) is 1. The fourth-order valence-electron chi connectivity index (χ4n) is 1.86. The zero-order valence-electron chi connectivity index (χ0n) is 7.99. The van der Waals surface area contributed by atoms with Gasteiger partial charge >= 0.3 is 0 Å². The lowest BCUT2D eigenvalue weighted by Gasteiger charge is -2.27. The van der Waals surface area contributed by atoms with Crippen LogP contribution < -0.4 is 5.32 Å². The van der Waals surface area contributed by atoms with Gasteiger partial charge in [0.1, 0.15) is 13.2 Å². The Morgan fingerprint density at radius 3 is 2.64 bits per heavy atom. The summed E-state index contributed by atoms with van der Waals surface area (Å²) in [5, 5.41) is 3.26. The Bertz CT molecular complexity index is 232. The van der Waals surface area contributed by atoms with E-state index in [1.54, 1.807) is 0 Å². The summed E-state index contributed by atoms with van der Waals surface area (Å²) in [7, 11) is 0. The van der Waals surface area contributed by atoms with Gasteiger partial charge < -0.3 is 10.1 Å². The van der Waals surface area contributed by atoms with E-state index in [1.165, 1.54) is 4.90 Å². The molecule has 0 unspecified atom stereocenters. The molecule has 14 heavy (non-hydrogen) atoms. The van der Waals surface area contributed by atoms with Crippen LogP contribution in [-0.4, -0.2) is 49.1 Å². The number of nitrogens with zero attached hydrogens (tertiary/aromatic N) is 1. The molecule has 2 aliphatic heterocycles. The van der Waals surface area contributed by atoms with E-state index >= 15 is 0 Å². The highest BCUT2D eigenvalue weighted by Gasteiger charge is 2.29.